The van der Waals surface area contributed by atoms with Crippen molar-refractivity contribution in [3.63, 3.8) is 0 Å². The molecule has 0 heterocycles. The van der Waals surface area contributed by atoms with Crippen LogP contribution in [0.5, 0.6) is 0 Å². The maximum absolute atomic E-state index is 8.33. The monoisotopic (exact) mass is 228 g/mol. The number of hydrogen-bond donors (Lipinski definition) is 0. The molecule has 6 nitrogen and oxygen atoms in total. The molecule has 0 aromatic carbocycles. The van der Waals surface area contributed by atoms with Crippen molar-refractivity contribution in [3.8, 4) is 0 Å². The molecule has 0 aliphatic rings. The van der Waals surface area contributed by atoms with E-state index in [4.69, 9.17) is 30.0 Å². The van der Waals surface area contributed by atoms with Crippen LogP contribution in [0.4, 0.5) is 9.59 Å². The molecule has 0 aliphatic carbocycles. The number of carboxylic acid groups (broad SMARTS) is 4. The van der Waals surface area contributed by atoms with Gasteiger partial charge in [-0.25, -0.2) is 0 Å². The van der Waals surface area contributed by atoms with E-state index < -0.39 is 12.3 Å². The number of carbonyl (C=O) groups is 2. The maximum Gasteiger partial charge on any atom is 1.00 e. The van der Waals surface area contributed by atoms with Crippen LogP contribution in [0, 0.1) is 0 Å². The summed E-state index contributed by atoms with van der Waals surface area (Å²) in [5, 5.41) is 33.3. The van der Waals surface area contributed by atoms with Crippen molar-refractivity contribution in [2.24, 2.45) is 0 Å². The van der Waals surface area contributed by atoms with E-state index in [0.29, 0.717) is 0 Å². The Morgan fingerprint density at radius 3 is 0.667 bits per heavy atom. The fraction of sp³-hybridized carbons (Fsp3) is 0. The van der Waals surface area contributed by atoms with Crippen molar-refractivity contribution in [3.05, 3.63) is 0 Å². The first-order valence-electron chi connectivity index (χ1n) is 1.22. The van der Waals surface area contributed by atoms with Gasteiger partial charge in [0.15, 0.2) is 0 Å². The quantitative estimate of drug-likeness (QED) is 0.379. The zero-order valence-electron chi connectivity index (χ0n) is 7.45. The Kier molecular flexibility index (Phi) is 88.2. The van der Waals surface area contributed by atoms with Crippen molar-refractivity contribution < 1.29 is 170 Å². The van der Waals surface area contributed by atoms with Gasteiger partial charge in [0.1, 0.15) is 0 Å². The summed E-state index contributed by atoms with van der Waals surface area (Å²) in [6, 6.07) is 0. The predicted molar refractivity (Wildman–Crippen MR) is 10.8 cm³/mol. The molecule has 0 aliphatic heterocycles. The van der Waals surface area contributed by atoms with E-state index in [9.17, 15) is 0 Å². The average Bonchev–Trinajstić information content (AvgIpc) is 1.25. The van der Waals surface area contributed by atoms with E-state index in [1.165, 1.54) is 0 Å². The standard InChI is InChI=1S/2CH2O3.K.3Na/c2*2-1(3)4;;;;/h2*(H2,2,3,4);;;;/q;;4*+1/p-4. The molecule has 0 fully saturated rings. The first kappa shape index (κ1) is 36.2. The van der Waals surface area contributed by atoms with E-state index in [2.05, 4.69) is 0 Å². The van der Waals surface area contributed by atoms with E-state index in [0.717, 1.165) is 0 Å². The SMILES string of the molecule is O=C([O-])[O-].O=C([O-])[O-].[K+].[Na+].[Na+].[Na+]. The molecular weight excluding hydrogens is 228 g/mol. The van der Waals surface area contributed by atoms with Gasteiger partial charge in [0.25, 0.3) is 0 Å². The van der Waals surface area contributed by atoms with Gasteiger partial charge in [-0.05, 0) is 12.3 Å². The van der Waals surface area contributed by atoms with Crippen LogP contribution in [0.25, 0.3) is 0 Å². The first-order chi connectivity index (χ1) is 3.46. The van der Waals surface area contributed by atoms with Crippen molar-refractivity contribution in [1.82, 2.24) is 0 Å². The predicted octanol–water partition coefficient (Wildman–Crippen LogP) is -16.9. The van der Waals surface area contributed by atoms with Gasteiger partial charge >= 0.3 is 140 Å². The van der Waals surface area contributed by atoms with Crippen LogP contribution in [-0.4, -0.2) is 12.3 Å². The van der Waals surface area contributed by atoms with Crippen molar-refractivity contribution in [1.29, 1.82) is 0 Å². The van der Waals surface area contributed by atoms with Crippen LogP contribution < -0.4 is 160 Å². The Bertz CT molecular complexity index is 78.8. The van der Waals surface area contributed by atoms with Crippen molar-refractivity contribution in [2.75, 3.05) is 0 Å². The van der Waals surface area contributed by atoms with E-state index in [1.54, 1.807) is 0 Å². The minimum atomic E-state index is -2.33. The smallest absolute Gasteiger partial charge is 0.652 e. The van der Waals surface area contributed by atoms with E-state index in [1.807, 2.05) is 0 Å². The van der Waals surface area contributed by atoms with Crippen LogP contribution in [0.1, 0.15) is 0 Å². The Labute approximate surface area is 178 Å². The molecule has 0 N–H and O–H groups in total. The Morgan fingerprint density at radius 1 is 0.667 bits per heavy atom. The molecule has 0 bridgehead atoms. The van der Waals surface area contributed by atoms with Gasteiger partial charge in [0, 0.05) is 0 Å². The summed E-state index contributed by atoms with van der Waals surface area (Å²) in [5.41, 5.74) is 0. The number of carbonyl (C=O) groups excluding carboxylic acids is 2. The zero-order chi connectivity index (χ0) is 7.15. The van der Waals surface area contributed by atoms with Gasteiger partial charge < -0.3 is 30.0 Å². The minimum absolute atomic E-state index is 0. The summed E-state index contributed by atoms with van der Waals surface area (Å²) in [6.45, 7) is 0. The fourth-order valence-corrected chi connectivity index (χ4v) is 0. The minimum Gasteiger partial charge on any atom is -0.652 e. The second-order valence-electron chi connectivity index (χ2n) is 0.500. The molecule has 0 atom stereocenters. The molecule has 0 saturated carbocycles. The van der Waals surface area contributed by atoms with Gasteiger partial charge in [0.2, 0.25) is 0 Å². The molecule has 0 aromatic heterocycles. The van der Waals surface area contributed by atoms with E-state index in [-0.39, 0.29) is 140 Å². The number of hydrogen-bond acceptors (Lipinski definition) is 6. The summed E-state index contributed by atoms with van der Waals surface area (Å²) in [7, 11) is 0. The van der Waals surface area contributed by atoms with Crippen LogP contribution in [0.15, 0.2) is 0 Å². The summed E-state index contributed by atoms with van der Waals surface area (Å²) < 4.78 is 0. The molecule has 10 heteroatoms. The molecule has 0 spiro atoms. The van der Waals surface area contributed by atoms with Gasteiger partial charge in [0.05, 0.1) is 0 Å². The summed E-state index contributed by atoms with van der Waals surface area (Å²) in [5.74, 6) is 0. The average molecular weight is 228 g/mol. The fourth-order valence-electron chi connectivity index (χ4n) is 0. The largest absolute Gasteiger partial charge is 1.00 e. The van der Waals surface area contributed by atoms with Crippen molar-refractivity contribution in [2.45, 2.75) is 0 Å². The second-order valence-corrected chi connectivity index (χ2v) is 0.500. The third kappa shape index (κ3) is 194. The van der Waals surface area contributed by atoms with Gasteiger partial charge in [-0.1, -0.05) is 0 Å². The molecular formula is C2KNa3O6. The molecule has 12 heavy (non-hydrogen) atoms. The third-order valence-corrected chi connectivity index (χ3v) is 0. The maximum atomic E-state index is 8.33. The molecule has 0 amide bonds. The Hall–Kier alpha value is 3.18. The summed E-state index contributed by atoms with van der Waals surface area (Å²) in [4.78, 5) is 16.7. The first-order valence-corrected chi connectivity index (χ1v) is 1.22. The van der Waals surface area contributed by atoms with Gasteiger partial charge in [-0.15, -0.1) is 0 Å². The zero-order valence-corrected chi connectivity index (χ0v) is 16.6. The van der Waals surface area contributed by atoms with Crippen LogP contribution in [0.2, 0.25) is 0 Å². The van der Waals surface area contributed by atoms with Gasteiger partial charge in [-0.3, -0.25) is 0 Å². The van der Waals surface area contributed by atoms with Crippen molar-refractivity contribution >= 4 is 12.3 Å². The molecule has 0 unspecified atom stereocenters. The topological polar surface area (TPSA) is 126 Å². The molecule has 0 radical (unpaired) electrons. The second kappa shape index (κ2) is 29.2. The van der Waals surface area contributed by atoms with Crippen LogP contribution in [-0.2, 0) is 0 Å². The Morgan fingerprint density at radius 2 is 0.667 bits per heavy atom. The number of rotatable bonds is 0. The van der Waals surface area contributed by atoms with Gasteiger partial charge in [-0.2, -0.15) is 0 Å². The molecule has 48 valence electrons. The Balaban J connectivity index is -0.0000000112. The summed E-state index contributed by atoms with van der Waals surface area (Å²) >= 11 is 0. The molecule has 0 aromatic rings. The third-order valence-electron chi connectivity index (χ3n) is 0. The summed E-state index contributed by atoms with van der Waals surface area (Å²) in [6.07, 6.45) is -4.67. The molecule has 0 rings (SSSR count). The normalized spacial score (nSPS) is 4.00. The van der Waals surface area contributed by atoms with E-state index >= 15 is 0 Å². The molecule has 0 saturated heterocycles. The van der Waals surface area contributed by atoms with Crippen LogP contribution in [0.3, 0.4) is 0 Å². The van der Waals surface area contributed by atoms with Crippen LogP contribution >= 0.6 is 0 Å².